The number of rotatable bonds is 9. The van der Waals surface area contributed by atoms with Gasteiger partial charge in [0.15, 0.2) is 34.9 Å². The molecule has 0 bridgehead atoms. The minimum absolute atomic E-state index is 0.517. The summed E-state index contributed by atoms with van der Waals surface area (Å²) in [5, 5.41) is 0. The molecule has 12 nitrogen and oxygen atoms in total. The number of hydrogen-bond acceptors (Lipinski definition) is 12. The first-order valence-corrected chi connectivity index (χ1v) is 19.0. The fourth-order valence-corrected chi connectivity index (χ4v) is 6.51. The fourth-order valence-electron chi connectivity index (χ4n) is 6.51. The molecule has 12 heteroatoms. The van der Waals surface area contributed by atoms with Gasteiger partial charge < -0.3 is 0 Å². The summed E-state index contributed by atoms with van der Waals surface area (Å²) < 4.78 is 0. The van der Waals surface area contributed by atoms with Gasteiger partial charge in [-0.15, -0.1) is 0 Å². The molecule has 60 heavy (non-hydrogen) atoms. The van der Waals surface area contributed by atoms with Gasteiger partial charge in [-0.25, -0.2) is 59.8 Å². The zero-order chi connectivity index (χ0) is 40.1. The van der Waals surface area contributed by atoms with E-state index in [2.05, 4.69) is 84.1 Å². The number of nitrogens with zero attached hydrogens (tertiary/aromatic N) is 12. The molecule has 10 aromatic rings. The summed E-state index contributed by atoms with van der Waals surface area (Å²) in [6.07, 6.45) is 21.0. The lowest BCUT2D eigenvalue weighted by molar-refractivity contribution is 1.11. The van der Waals surface area contributed by atoms with Gasteiger partial charge in [0.1, 0.15) is 0 Å². The molecule has 0 spiro atoms. The van der Waals surface area contributed by atoms with Crippen molar-refractivity contribution in [2.45, 2.75) is 0 Å². The molecule has 0 atom stereocenters. The van der Waals surface area contributed by atoms with E-state index < -0.39 is 0 Å². The minimum Gasteiger partial charge on any atom is -0.236 e. The van der Waals surface area contributed by atoms with Crippen LogP contribution in [0.4, 0.5) is 0 Å². The molecule has 0 aliphatic carbocycles. The SMILES string of the molecule is c1ccc(-c2cnc(-c3cnc(-c4cnc(-c5ccc(-c6ccc(-c7ncc(-c8ncc(-c9ncc(-c%10ccccc%10)cn9)cn8)cn7)cc6)cc5)nc4)nc3)nc2)cc1. The highest BCUT2D eigenvalue weighted by Crippen LogP contribution is 2.28. The van der Waals surface area contributed by atoms with Crippen LogP contribution in [0.5, 0.6) is 0 Å². The van der Waals surface area contributed by atoms with E-state index in [4.69, 9.17) is 0 Å². The highest BCUT2D eigenvalue weighted by molar-refractivity contribution is 5.71. The lowest BCUT2D eigenvalue weighted by Crippen LogP contribution is -1.96. The molecule has 0 unspecified atom stereocenters. The van der Waals surface area contributed by atoms with Crippen molar-refractivity contribution in [2.24, 2.45) is 0 Å². The average molecular weight is 775 g/mol. The van der Waals surface area contributed by atoms with Crippen LogP contribution in [-0.4, -0.2) is 59.8 Å². The van der Waals surface area contributed by atoms with E-state index in [1.54, 1.807) is 74.4 Å². The van der Waals surface area contributed by atoms with Crippen LogP contribution >= 0.6 is 0 Å². The van der Waals surface area contributed by atoms with Gasteiger partial charge in [-0.3, -0.25) is 0 Å². The van der Waals surface area contributed by atoms with Gasteiger partial charge in [-0.2, -0.15) is 0 Å². The summed E-state index contributed by atoms with van der Waals surface area (Å²) in [6, 6.07) is 36.3. The van der Waals surface area contributed by atoms with Gasteiger partial charge in [-0.05, 0) is 22.3 Å². The van der Waals surface area contributed by atoms with Crippen LogP contribution < -0.4 is 0 Å². The molecule has 0 aliphatic heterocycles. The smallest absolute Gasteiger partial charge is 0.162 e. The maximum absolute atomic E-state index is 4.60. The normalized spacial score (nSPS) is 11.0. The van der Waals surface area contributed by atoms with Crippen LogP contribution in [0.2, 0.25) is 0 Å². The first-order chi connectivity index (χ1) is 29.7. The molecule has 0 aliphatic rings. The predicted molar refractivity (Wildman–Crippen MR) is 229 cm³/mol. The van der Waals surface area contributed by atoms with E-state index in [0.717, 1.165) is 55.6 Å². The van der Waals surface area contributed by atoms with E-state index in [9.17, 15) is 0 Å². The second-order valence-corrected chi connectivity index (χ2v) is 13.7. The third-order valence-electron chi connectivity index (χ3n) is 9.78. The van der Waals surface area contributed by atoms with Crippen molar-refractivity contribution in [1.29, 1.82) is 0 Å². The highest BCUT2D eigenvalue weighted by atomic mass is 14.9. The van der Waals surface area contributed by atoms with Crippen molar-refractivity contribution < 1.29 is 0 Å². The summed E-state index contributed by atoms with van der Waals surface area (Å²) in [5.74, 6) is 3.36. The van der Waals surface area contributed by atoms with Gasteiger partial charge in [0.05, 0.1) is 22.3 Å². The lowest BCUT2D eigenvalue weighted by atomic mass is 10.0. The maximum Gasteiger partial charge on any atom is 0.162 e. The van der Waals surface area contributed by atoms with Crippen LogP contribution in [-0.2, 0) is 0 Å². The van der Waals surface area contributed by atoms with Crippen molar-refractivity contribution in [2.75, 3.05) is 0 Å². The molecule has 0 saturated carbocycles. The summed E-state index contributed by atoms with van der Waals surface area (Å²) >= 11 is 0. The maximum atomic E-state index is 4.60. The Morgan fingerprint density at radius 1 is 0.150 bits per heavy atom. The quantitative estimate of drug-likeness (QED) is 0.137. The van der Waals surface area contributed by atoms with Crippen molar-refractivity contribution in [3.05, 3.63) is 184 Å². The van der Waals surface area contributed by atoms with Crippen LogP contribution in [0.25, 0.3) is 102 Å². The topological polar surface area (TPSA) is 155 Å². The van der Waals surface area contributed by atoms with Crippen molar-refractivity contribution in [1.82, 2.24) is 59.8 Å². The third kappa shape index (κ3) is 7.59. The standard InChI is InChI=1S/C48H30N12/c1-3-7-31(8-4-1)37-19-49-45(50-20-37)41-27-57-47(58-28-41)39-23-53-43(54-24-39)35-15-11-33(12-16-35)34-13-17-36(18-14-34)44-55-25-40(26-56-44)48-59-29-42(30-60-48)46-51-21-38(22-52-46)32-9-5-2-6-10-32/h1-30H. The summed E-state index contributed by atoms with van der Waals surface area (Å²) in [7, 11) is 0. The lowest BCUT2D eigenvalue weighted by Gasteiger charge is -2.07. The zero-order valence-electron chi connectivity index (χ0n) is 31.7. The van der Waals surface area contributed by atoms with Gasteiger partial charge in [0, 0.05) is 96.6 Å². The number of benzene rings is 4. The molecule has 0 fully saturated rings. The molecule has 6 heterocycles. The molecule has 0 radical (unpaired) electrons. The van der Waals surface area contributed by atoms with Gasteiger partial charge >= 0.3 is 0 Å². The van der Waals surface area contributed by atoms with Gasteiger partial charge in [-0.1, -0.05) is 109 Å². The monoisotopic (exact) mass is 774 g/mol. The highest BCUT2D eigenvalue weighted by Gasteiger charge is 2.11. The first-order valence-electron chi connectivity index (χ1n) is 19.0. The molecule has 0 amide bonds. The Kier molecular flexibility index (Phi) is 9.58. The Bertz CT molecular complexity index is 2780. The number of hydrogen-bond donors (Lipinski definition) is 0. The summed E-state index contributed by atoms with van der Waals surface area (Å²) in [4.78, 5) is 54.6. The molecular weight excluding hydrogens is 745 g/mol. The molecule has 6 aromatic heterocycles. The van der Waals surface area contributed by atoms with Crippen molar-refractivity contribution in [3.63, 3.8) is 0 Å². The van der Waals surface area contributed by atoms with Crippen molar-refractivity contribution >= 4 is 0 Å². The van der Waals surface area contributed by atoms with E-state index >= 15 is 0 Å². The van der Waals surface area contributed by atoms with Crippen LogP contribution in [0.3, 0.4) is 0 Å². The Labute approximate surface area is 344 Å². The van der Waals surface area contributed by atoms with E-state index in [-0.39, 0.29) is 0 Å². The third-order valence-corrected chi connectivity index (χ3v) is 9.78. The molecule has 0 saturated heterocycles. The molecule has 4 aromatic carbocycles. The Hall–Kier alpha value is -8.64. The minimum atomic E-state index is 0.517. The fraction of sp³-hybridized carbons (Fsp3) is 0. The van der Waals surface area contributed by atoms with Crippen LogP contribution in [0.1, 0.15) is 0 Å². The number of aromatic nitrogens is 12. The zero-order valence-corrected chi connectivity index (χ0v) is 31.7. The summed E-state index contributed by atoms with van der Waals surface area (Å²) in [6.45, 7) is 0. The molecule has 0 N–H and O–H groups in total. The second-order valence-electron chi connectivity index (χ2n) is 13.7. The van der Waals surface area contributed by atoms with Gasteiger partial charge in [0.2, 0.25) is 0 Å². The average Bonchev–Trinajstić information content (AvgIpc) is 3.35. The Morgan fingerprint density at radius 3 is 0.583 bits per heavy atom. The van der Waals surface area contributed by atoms with Crippen molar-refractivity contribution in [3.8, 4) is 102 Å². The molecule has 282 valence electrons. The van der Waals surface area contributed by atoms with Gasteiger partial charge in [0.25, 0.3) is 0 Å². The molecule has 10 rings (SSSR count). The Morgan fingerprint density at radius 2 is 0.333 bits per heavy atom. The predicted octanol–water partition coefficient (Wildman–Crippen LogP) is 9.43. The van der Waals surface area contributed by atoms with E-state index in [1.165, 1.54) is 0 Å². The van der Waals surface area contributed by atoms with Crippen LogP contribution in [0.15, 0.2) is 184 Å². The first kappa shape index (κ1) is 35.8. The van der Waals surface area contributed by atoms with E-state index in [1.807, 2.05) is 84.9 Å². The van der Waals surface area contributed by atoms with Crippen LogP contribution in [0, 0.1) is 0 Å². The largest absolute Gasteiger partial charge is 0.236 e. The Balaban J connectivity index is 0.759. The van der Waals surface area contributed by atoms with E-state index in [0.29, 0.717) is 46.1 Å². The summed E-state index contributed by atoms with van der Waals surface area (Å²) in [5.41, 5.74) is 10.8. The molecular formula is C48H30N12. The second kappa shape index (κ2) is 16.1.